The Morgan fingerprint density at radius 1 is 1.32 bits per heavy atom. The number of aryl methyl sites for hydroxylation is 1. The Morgan fingerprint density at radius 3 is 2.74 bits per heavy atom. The van der Waals surface area contributed by atoms with E-state index in [0.29, 0.717) is 24.1 Å². The van der Waals surface area contributed by atoms with Gasteiger partial charge in [-0.2, -0.15) is 0 Å². The second-order valence-electron chi connectivity index (χ2n) is 5.57. The van der Waals surface area contributed by atoms with E-state index in [-0.39, 0.29) is 11.9 Å². The Bertz CT molecular complexity index is 506. The van der Waals surface area contributed by atoms with Gasteiger partial charge in [-0.3, -0.25) is 4.99 Å². The Morgan fingerprint density at radius 2 is 2.05 bits per heavy atom. The predicted molar refractivity (Wildman–Crippen MR) is 74.5 cm³/mol. The molecule has 2 aliphatic rings. The van der Waals surface area contributed by atoms with Gasteiger partial charge in [0.1, 0.15) is 5.82 Å². The average molecular weight is 261 g/mol. The number of benzene rings is 1. The topological polar surface area (TPSA) is 41.6 Å². The van der Waals surface area contributed by atoms with E-state index < -0.39 is 0 Å². The first-order valence-electron chi connectivity index (χ1n) is 7.01. The van der Waals surface area contributed by atoms with Gasteiger partial charge in [-0.15, -0.1) is 0 Å². The zero-order valence-corrected chi connectivity index (χ0v) is 11.3. The zero-order chi connectivity index (χ0) is 13.4. The number of hydrogen-bond donors (Lipinski definition) is 1. The molecule has 19 heavy (non-hydrogen) atoms. The van der Waals surface area contributed by atoms with Crippen molar-refractivity contribution in [2.45, 2.75) is 44.7 Å². The number of guanidine groups is 1. The number of rotatable bonds is 2. The molecule has 0 aromatic heterocycles. The Balaban J connectivity index is 1.88. The molecule has 1 aromatic rings. The molecule has 0 bridgehead atoms. The van der Waals surface area contributed by atoms with Gasteiger partial charge in [-0.1, -0.05) is 25.0 Å². The summed E-state index contributed by atoms with van der Waals surface area (Å²) in [6, 6.07) is 6.06. The first-order chi connectivity index (χ1) is 9.16. The molecule has 4 heteroatoms. The fourth-order valence-corrected chi connectivity index (χ4v) is 3.22. The molecule has 1 aliphatic heterocycles. The van der Waals surface area contributed by atoms with Crippen LogP contribution in [0.5, 0.6) is 0 Å². The van der Waals surface area contributed by atoms with Gasteiger partial charge >= 0.3 is 0 Å². The molecule has 0 radical (unpaired) electrons. The van der Waals surface area contributed by atoms with Crippen molar-refractivity contribution in [3.05, 3.63) is 35.1 Å². The molecule has 3 rings (SSSR count). The monoisotopic (exact) mass is 261 g/mol. The highest BCUT2D eigenvalue weighted by molar-refractivity contribution is 5.80. The minimum atomic E-state index is -0.144. The van der Waals surface area contributed by atoms with Gasteiger partial charge in [0.25, 0.3) is 0 Å². The summed E-state index contributed by atoms with van der Waals surface area (Å²) in [5, 5.41) is 0. The van der Waals surface area contributed by atoms with Gasteiger partial charge in [0.2, 0.25) is 0 Å². The predicted octanol–water partition coefficient (Wildman–Crippen LogP) is 2.75. The lowest BCUT2D eigenvalue weighted by atomic mass is 10.0. The maximum Gasteiger partial charge on any atom is 0.192 e. The molecule has 1 atom stereocenters. The highest BCUT2D eigenvalue weighted by atomic mass is 19.1. The molecule has 0 saturated heterocycles. The summed E-state index contributed by atoms with van der Waals surface area (Å²) in [5.41, 5.74) is 7.71. The Labute approximate surface area is 113 Å². The summed E-state index contributed by atoms with van der Waals surface area (Å²) in [5.74, 6) is 0.479. The molecule has 0 spiro atoms. The van der Waals surface area contributed by atoms with Crippen molar-refractivity contribution >= 4 is 5.96 Å². The van der Waals surface area contributed by atoms with Gasteiger partial charge in [0.15, 0.2) is 5.96 Å². The van der Waals surface area contributed by atoms with Crippen LogP contribution in [0.15, 0.2) is 23.2 Å². The van der Waals surface area contributed by atoms with Crippen molar-refractivity contribution in [3.63, 3.8) is 0 Å². The number of nitrogens with two attached hydrogens (primary N) is 1. The summed E-state index contributed by atoms with van der Waals surface area (Å²) < 4.78 is 13.7. The van der Waals surface area contributed by atoms with Gasteiger partial charge < -0.3 is 10.6 Å². The summed E-state index contributed by atoms with van der Waals surface area (Å²) in [7, 11) is 0. The van der Waals surface area contributed by atoms with Crippen molar-refractivity contribution in [1.82, 2.24) is 4.90 Å². The van der Waals surface area contributed by atoms with Crippen LogP contribution in [0.2, 0.25) is 0 Å². The van der Waals surface area contributed by atoms with Gasteiger partial charge in [0, 0.05) is 6.04 Å². The highest BCUT2D eigenvalue weighted by Crippen LogP contribution is 2.34. The second-order valence-corrected chi connectivity index (χ2v) is 5.57. The summed E-state index contributed by atoms with van der Waals surface area (Å²) in [6.07, 6.45) is 4.84. The normalized spacial score (nSPS) is 24.0. The Hall–Kier alpha value is -1.58. The zero-order valence-electron chi connectivity index (χ0n) is 11.3. The number of halogens is 1. The lowest BCUT2D eigenvalue weighted by molar-refractivity contribution is 0.261. The van der Waals surface area contributed by atoms with E-state index in [1.165, 1.54) is 25.7 Å². The lowest BCUT2D eigenvalue weighted by Crippen LogP contribution is -2.42. The first-order valence-corrected chi connectivity index (χ1v) is 7.01. The molecular weight excluding hydrogens is 241 g/mol. The van der Waals surface area contributed by atoms with Crippen LogP contribution in [-0.2, 0) is 0 Å². The molecule has 1 aromatic carbocycles. The van der Waals surface area contributed by atoms with Gasteiger partial charge in [-0.25, -0.2) is 4.39 Å². The third-order valence-electron chi connectivity index (χ3n) is 4.33. The van der Waals surface area contributed by atoms with E-state index in [4.69, 9.17) is 5.73 Å². The molecule has 2 N–H and O–H groups in total. The van der Waals surface area contributed by atoms with Crippen LogP contribution in [-0.4, -0.2) is 23.4 Å². The van der Waals surface area contributed by atoms with E-state index in [0.717, 1.165) is 5.56 Å². The van der Waals surface area contributed by atoms with Crippen LogP contribution in [0, 0.1) is 12.7 Å². The number of aliphatic imine (C=N–C) groups is 1. The maximum atomic E-state index is 13.7. The van der Waals surface area contributed by atoms with Crippen molar-refractivity contribution < 1.29 is 4.39 Å². The van der Waals surface area contributed by atoms with Crippen LogP contribution < -0.4 is 5.73 Å². The third kappa shape index (κ3) is 2.20. The molecule has 102 valence electrons. The molecule has 1 heterocycles. The lowest BCUT2D eigenvalue weighted by Gasteiger charge is -2.32. The molecule has 1 unspecified atom stereocenters. The van der Waals surface area contributed by atoms with Crippen LogP contribution >= 0.6 is 0 Å². The van der Waals surface area contributed by atoms with Crippen molar-refractivity contribution in [1.29, 1.82) is 0 Å². The van der Waals surface area contributed by atoms with Crippen LogP contribution in [0.4, 0.5) is 4.39 Å². The molecular formula is C15H20FN3. The minimum Gasteiger partial charge on any atom is -0.370 e. The van der Waals surface area contributed by atoms with Gasteiger partial charge in [0.05, 0.1) is 12.6 Å². The van der Waals surface area contributed by atoms with E-state index in [1.54, 1.807) is 13.0 Å². The molecule has 1 saturated carbocycles. The summed E-state index contributed by atoms with van der Waals surface area (Å²) in [4.78, 5) is 6.58. The fourth-order valence-electron chi connectivity index (χ4n) is 3.22. The van der Waals surface area contributed by atoms with Crippen molar-refractivity contribution in [3.8, 4) is 0 Å². The van der Waals surface area contributed by atoms with Crippen LogP contribution in [0.3, 0.4) is 0 Å². The highest BCUT2D eigenvalue weighted by Gasteiger charge is 2.34. The van der Waals surface area contributed by atoms with Crippen molar-refractivity contribution in [2.24, 2.45) is 10.7 Å². The Kier molecular flexibility index (Phi) is 3.17. The first kappa shape index (κ1) is 12.5. The quantitative estimate of drug-likeness (QED) is 0.889. The van der Waals surface area contributed by atoms with E-state index >= 15 is 0 Å². The smallest absolute Gasteiger partial charge is 0.192 e. The molecule has 1 aliphatic carbocycles. The van der Waals surface area contributed by atoms with Gasteiger partial charge in [-0.05, 0) is 37.0 Å². The molecule has 0 amide bonds. The van der Waals surface area contributed by atoms with E-state index in [1.807, 2.05) is 12.1 Å². The minimum absolute atomic E-state index is 0.109. The summed E-state index contributed by atoms with van der Waals surface area (Å²) >= 11 is 0. The SMILES string of the molecule is Cc1ccc(C2CN=C(N)N2C2CCCC2)cc1F. The van der Waals surface area contributed by atoms with Crippen molar-refractivity contribution in [2.75, 3.05) is 6.54 Å². The fraction of sp³-hybridized carbons (Fsp3) is 0.533. The maximum absolute atomic E-state index is 13.7. The van der Waals surface area contributed by atoms with Crippen LogP contribution in [0.25, 0.3) is 0 Å². The van der Waals surface area contributed by atoms with E-state index in [9.17, 15) is 4.39 Å². The molecule has 3 nitrogen and oxygen atoms in total. The number of nitrogens with zero attached hydrogens (tertiary/aromatic N) is 2. The third-order valence-corrected chi connectivity index (χ3v) is 4.33. The average Bonchev–Trinajstić information content (AvgIpc) is 3.01. The summed E-state index contributed by atoms with van der Waals surface area (Å²) in [6.45, 7) is 2.43. The van der Waals surface area contributed by atoms with Crippen LogP contribution in [0.1, 0.15) is 42.9 Å². The molecule has 1 fully saturated rings. The largest absolute Gasteiger partial charge is 0.370 e. The second kappa shape index (κ2) is 4.83. The standard InChI is InChI=1S/C15H20FN3/c1-10-6-7-11(8-13(10)16)14-9-18-15(17)19(14)12-4-2-3-5-12/h6-8,12,14H,2-5,9H2,1H3,(H2,17,18). The van der Waals surface area contributed by atoms with E-state index in [2.05, 4.69) is 9.89 Å². The number of hydrogen-bond acceptors (Lipinski definition) is 3.